The van der Waals surface area contributed by atoms with E-state index in [-0.39, 0.29) is 35.9 Å². The van der Waals surface area contributed by atoms with Crippen molar-refractivity contribution in [3.63, 3.8) is 0 Å². The van der Waals surface area contributed by atoms with Crippen LogP contribution in [0.4, 0.5) is 10.5 Å². The molecule has 1 aromatic carbocycles. The van der Waals surface area contributed by atoms with Crippen molar-refractivity contribution in [1.29, 1.82) is 0 Å². The van der Waals surface area contributed by atoms with Crippen LogP contribution in [0.15, 0.2) is 29.3 Å². The van der Waals surface area contributed by atoms with E-state index in [1.807, 2.05) is 36.1 Å². The second-order valence-corrected chi connectivity index (χ2v) is 6.06. The maximum Gasteiger partial charge on any atom is 0.411 e. The van der Waals surface area contributed by atoms with Crippen molar-refractivity contribution in [2.45, 2.75) is 32.4 Å². The number of rotatable bonds is 5. The van der Waals surface area contributed by atoms with Gasteiger partial charge in [0.25, 0.3) is 0 Å². The van der Waals surface area contributed by atoms with Crippen LogP contribution in [0, 0.1) is 0 Å². The molecule has 9 heteroatoms. The number of ether oxygens (including phenoxy) is 1. The largest absolute Gasteiger partial charge is 0.453 e. The molecule has 1 aromatic rings. The topological polar surface area (TPSA) is 95.1 Å². The van der Waals surface area contributed by atoms with E-state index in [2.05, 4.69) is 25.7 Å². The smallest absolute Gasteiger partial charge is 0.411 e. The van der Waals surface area contributed by atoms with Crippen molar-refractivity contribution in [3.05, 3.63) is 29.8 Å². The van der Waals surface area contributed by atoms with Gasteiger partial charge in [-0.05, 0) is 24.1 Å². The Balaban J connectivity index is 0.00000364. The van der Waals surface area contributed by atoms with E-state index in [0.29, 0.717) is 31.2 Å². The van der Waals surface area contributed by atoms with Crippen LogP contribution in [0.5, 0.6) is 0 Å². The Labute approximate surface area is 177 Å². The molecule has 1 heterocycles. The van der Waals surface area contributed by atoms with Crippen LogP contribution < -0.4 is 16.0 Å². The summed E-state index contributed by atoms with van der Waals surface area (Å²) in [5, 5.41) is 9.24. The normalized spacial score (nSPS) is 16.3. The fourth-order valence-electron chi connectivity index (χ4n) is 2.78. The zero-order chi connectivity index (χ0) is 18.9. The molecule has 2 amide bonds. The Morgan fingerprint density at radius 2 is 2.00 bits per heavy atom. The first-order chi connectivity index (χ1) is 12.5. The summed E-state index contributed by atoms with van der Waals surface area (Å²) in [6, 6.07) is 7.68. The predicted octanol–water partition coefficient (Wildman–Crippen LogP) is 2.16. The highest BCUT2D eigenvalue weighted by molar-refractivity contribution is 14.0. The number of halogens is 1. The number of nitrogens with zero attached hydrogens (tertiary/aromatic N) is 2. The van der Waals surface area contributed by atoms with Crippen LogP contribution in [0.3, 0.4) is 0 Å². The molecule has 0 spiro atoms. The minimum Gasteiger partial charge on any atom is -0.453 e. The van der Waals surface area contributed by atoms with E-state index in [9.17, 15) is 9.59 Å². The molecule has 2 rings (SSSR count). The standard InChI is InChI=1S/C18H27N5O3.HI/c1-4-16(24)23-10-9-15(12-23)21-17(19-2)20-11-13-5-7-14(8-6-13)22-18(25)26-3;/h5-8,15H,4,9-12H2,1-3H3,(H,22,25)(H2,19,20,21);1H. The van der Waals surface area contributed by atoms with Crippen molar-refractivity contribution in [1.82, 2.24) is 15.5 Å². The molecule has 1 unspecified atom stereocenters. The number of hydrogen-bond acceptors (Lipinski definition) is 4. The third-order valence-corrected chi connectivity index (χ3v) is 4.25. The van der Waals surface area contributed by atoms with E-state index < -0.39 is 6.09 Å². The molecule has 0 saturated carbocycles. The number of anilines is 1. The van der Waals surface area contributed by atoms with Gasteiger partial charge in [-0.3, -0.25) is 15.1 Å². The number of hydrogen-bond donors (Lipinski definition) is 3. The molecule has 0 aliphatic carbocycles. The molecule has 1 saturated heterocycles. The summed E-state index contributed by atoms with van der Waals surface area (Å²) in [6.07, 6.45) is 0.966. The van der Waals surface area contributed by atoms with E-state index in [4.69, 9.17) is 0 Å². The Hall–Kier alpha value is -2.04. The number of carbonyl (C=O) groups excluding carboxylic acids is 2. The van der Waals surface area contributed by atoms with Gasteiger partial charge in [0.05, 0.1) is 7.11 Å². The number of amides is 2. The fraction of sp³-hybridized carbons (Fsp3) is 0.500. The molecule has 1 aliphatic heterocycles. The molecule has 3 N–H and O–H groups in total. The number of aliphatic imine (C=N–C) groups is 1. The maximum atomic E-state index is 11.8. The molecule has 1 aliphatic rings. The van der Waals surface area contributed by atoms with E-state index in [0.717, 1.165) is 18.5 Å². The van der Waals surface area contributed by atoms with Crippen LogP contribution in [0.25, 0.3) is 0 Å². The molecule has 1 atom stereocenters. The second kappa shape index (κ2) is 11.6. The monoisotopic (exact) mass is 489 g/mol. The van der Waals surface area contributed by atoms with E-state index >= 15 is 0 Å². The molecule has 1 fully saturated rings. The third-order valence-electron chi connectivity index (χ3n) is 4.25. The average molecular weight is 489 g/mol. The summed E-state index contributed by atoms with van der Waals surface area (Å²) >= 11 is 0. The molecule has 150 valence electrons. The van der Waals surface area contributed by atoms with Crippen molar-refractivity contribution in [3.8, 4) is 0 Å². The summed E-state index contributed by atoms with van der Waals surface area (Å²) < 4.78 is 4.56. The molecule has 0 aromatic heterocycles. The first-order valence-corrected chi connectivity index (χ1v) is 8.74. The number of benzene rings is 1. The fourth-order valence-corrected chi connectivity index (χ4v) is 2.78. The second-order valence-electron chi connectivity index (χ2n) is 6.06. The van der Waals surface area contributed by atoms with Gasteiger partial charge in [0, 0.05) is 44.8 Å². The first kappa shape index (κ1) is 23.0. The first-order valence-electron chi connectivity index (χ1n) is 8.74. The third kappa shape index (κ3) is 7.24. The lowest BCUT2D eigenvalue weighted by Crippen LogP contribution is -2.44. The molecule has 0 bridgehead atoms. The van der Waals surface area contributed by atoms with Crippen molar-refractivity contribution >= 4 is 47.6 Å². The Kier molecular flexibility index (Phi) is 9.90. The average Bonchev–Trinajstić information content (AvgIpc) is 3.14. The van der Waals surface area contributed by atoms with Crippen LogP contribution in [0.2, 0.25) is 0 Å². The highest BCUT2D eigenvalue weighted by Gasteiger charge is 2.25. The number of nitrogens with one attached hydrogen (secondary N) is 3. The van der Waals surface area contributed by atoms with E-state index in [1.165, 1.54) is 7.11 Å². The van der Waals surface area contributed by atoms with Gasteiger partial charge in [-0.1, -0.05) is 19.1 Å². The van der Waals surface area contributed by atoms with Crippen molar-refractivity contribution in [2.24, 2.45) is 4.99 Å². The van der Waals surface area contributed by atoms with Gasteiger partial charge in [0.1, 0.15) is 0 Å². The number of guanidine groups is 1. The summed E-state index contributed by atoms with van der Waals surface area (Å²) in [5.74, 6) is 0.899. The molecular formula is C18H28IN5O3. The molecule has 8 nitrogen and oxygen atoms in total. The number of likely N-dealkylation sites (tertiary alicyclic amines) is 1. The van der Waals surface area contributed by atoms with Gasteiger partial charge in [-0.25, -0.2) is 4.79 Å². The van der Waals surface area contributed by atoms with Crippen LogP contribution in [-0.4, -0.2) is 56.1 Å². The summed E-state index contributed by atoms with van der Waals surface area (Å²) in [6.45, 7) is 3.98. The lowest BCUT2D eigenvalue weighted by Gasteiger charge is -2.18. The van der Waals surface area contributed by atoms with Gasteiger partial charge in [-0.15, -0.1) is 24.0 Å². The van der Waals surface area contributed by atoms with Gasteiger partial charge in [0.2, 0.25) is 5.91 Å². The minimum atomic E-state index is -0.493. The Morgan fingerprint density at radius 1 is 1.30 bits per heavy atom. The highest BCUT2D eigenvalue weighted by atomic mass is 127. The van der Waals surface area contributed by atoms with Crippen LogP contribution >= 0.6 is 24.0 Å². The molecule has 27 heavy (non-hydrogen) atoms. The quantitative estimate of drug-likeness (QED) is 0.335. The highest BCUT2D eigenvalue weighted by Crippen LogP contribution is 2.11. The number of carbonyl (C=O) groups is 2. The molecule has 0 radical (unpaired) electrons. The van der Waals surface area contributed by atoms with Gasteiger partial charge >= 0.3 is 6.09 Å². The summed E-state index contributed by atoms with van der Waals surface area (Å²) in [5.41, 5.74) is 1.73. The van der Waals surface area contributed by atoms with Gasteiger partial charge in [-0.2, -0.15) is 0 Å². The predicted molar refractivity (Wildman–Crippen MR) is 116 cm³/mol. The zero-order valence-corrected chi connectivity index (χ0v) is 18.3. The van der Waals surface area contributed by atoms with Crippen molar-refractivity contribution in [2.75, 3.05) is 32.6 Å². The van der Waals surface area contributed by atoms with Crippen LogP contribution in [0.1, 0.15) is 25.3 Å². The Bertz CT molecular complexity index is 651. The minimum absolute atomic E-state index is 0. The lowest BCUT2D eigenvalue weighted by atomic mass is 10.2. The maximum absolute atomic E-state index is 11.8. The number of methoxy groups -OCH3 is 1. The van der Waals surface area contributed by atoms with Crippen LogP contribution in [-0.2, 0) is 16.1 Å². The van der Waals surface area contributed by atoms with Gasteiger partial charge in [0.15, 0.2) is 5.96 Å². The van der Waals surface area contributed by atoms with Gasteiger partial charge < -0.3 is 20.3 Å². The SMILES string of the molecule is CCC(=O)N1CCC(NC(=NC)NCc2ccc(NC(=O)OC)cc2)C1.I. The lowest BCUT2D eigenvalue weighted by molar-refractivity contribution is -0.129. The Morgan fingerprint density at radius 3 is 2.59 bits per heavy atom. The summed E-state index contributed by atoms with van der Waals surface area (Å²) in [4.78, 5) is 29.1. The summed E-state index contributed by atoms with van der Waals surface area (Å²) in [7, 11) is 3.05. The molecular weight excluding hydrogens is 461 g/mol. The zero-order valence-electron chi connectivity index (χ0n) is 15.9. The van der Waals surface area contributed by atoms with Crippen molar-refractivity contribution < 1.29 is 14.3 Å². The van der Waals surface area contributed by atoms with E-state index in [1.54, 1.807) is 7.05 Å².